The van der Waals surface area contributed by atoms with Crippen LogP contribution >= 0.6 is 0 Å². The Kier molecular flexibility index (Phi) is 4.76. The predicted molar refractivity (Wildman–Crippen MR) is 93.6 cm³/mol. The van der Waals surface area contributed by atoms with Crippen LogP contribution in [0.15, 0.2) is 36.7 Å². The van der Waals surface area contributed by atoms with Gasteiger partial charge in [0.1, 0.15) is 22.7 Å². The maximum atomic E-state index is 12.7. The molecule has 1 unspecified atom stereocenters. The molecule has 1 N–H and O–H groups in total. The van der Waals surface area contributed by atoms with Crippen molar-refractivity contribution in [3.05, 3.63) is 48.0 Å². The summed E-state index contributed by atoms with van der Waals surface area (Å²) in [7, 11) is 0. The number of carbonyl (C=O) groups excluding carboxylic acids is 1. The van der Waals surface area contributed by atoms with Gasteiger partial charge in [-0.15, -0.1) is 0 Å². The minimum atomic E-state index is -2.70. The third-order valence-electron chi connectivity index (χ3n) is 4.38. The molecule has 1 amide bonds. The average molecular weight is 373 g/mol. The number of rotatable bonds is 5. The van der Waals surface area contributed by atoms with Crippen LogP contribution in [0, 0.1) is 5.92 Å². The molecule has 9 heteroatoms. The second-order valence-electron chi connectivity index (χ2n) is 6.41. The molecule has 0 spiro atoms. The standard InChI is InChI=1S/C18H17F2N5O2/c19-17(20)13-2-1-3-16(22-13)23-18(26)14-6-12-9-25(24-15(12)7-21-14)8-11-4-5-27-10-11/h1-3,6-7,9,11,17H,4-5,8,10H2,(H,22,23,26). The SMILES string of the molecule is O=C(Nc1cccc(C(F)F)n1)c1cc2cn(CC3CCOC3)nc2cn1. The van der Waals surface area contributed by atoms with Gasteiger partial charge in [-0.25, -0.2) is 18.7 Å². The fourth-order valence-corrected chi connectivity index (χ4v) is 3.01. The smallest absolute Gasteiger partial charge is 0.280 e. The average Bonchev–Trinajstić information content (AvgIpc) is 3.30. The molecule has 4 heterocycles. The monoisotopic (exact) mass is 373 g/mol. The Morgan fingerprint density at radius 3 is 3.07 bits per heavy atom. The first-order valence-electron chi connectivity index (χ1n) is 8.56. The van der Waals surface area contributed by atoms with Crippen LogP contribution in [0.4, 0.5) is 14.6 Å². The molecule has 1 atom stereocenters. The van der Waals surface area contributed by atoms with Gasteiger partial charge in [-0.3, -0.25) is 9.48 Å². The molecule has 1 fully saturated rings. The third-order valence-corrected chi connectivity index (χ3v) is 4.38. The minimum absolute atomic E-state index is 0.0524. The van der Waals surface area contributed by atoms with Crippen LogP contribution in [0.1, 0.15) is 29.0 Å². The van der Waals surface area contributed by atoms with E-state index >= 15 is 0 Å². The summed E-state index contributed by atoms with van der Waals surface area (Å²) < 4.78 is 32.7. The lowest BCUT2D eigenvalue weighted by atomic mass is 10.1. The number of anilines is 1. The lowest BCUT2D eigenvalue weighted by Crippen LogP contribution is -2.14. The van der Waals surface area contributed by atoms with Crippen LogP contribution in [-0.2, 0) is 11.3 Å². The first kappa shape index (κ1) is 17.5. The third kappa shape index (κ3) is 3.92. The number of amides is 1. The summed E-state index contributed by atoms with van der Waals surface area (Å²) in [6.07, 6.45) is 1.69. The number of fused-ring (bicyclic) bond motifs is 1. The van der Waals surface area contributed by atoms with Crippen molar-refractivity contribution in [1.29, 1.82) is 0 Å². The Bertz CT molecular complexity index is 969. The highest BCUT2D eigenvalue weighted by Crippen LogP contribution is 2.20. The van der Waals surface area contributed by atoms with Crippen LogP contribution in [0.2, 0.25) is 0 Å². The van der Waals surface area contributed by atoms with Crippen molar-refractivity contribution in [2.45, 2.75) is 19.4 Å². The molecule has 140 valence electrons. The number of hydrogen-bond acceptors (Lipinski definition) is 5. The fourth-order valence-electron chi connectivity index (χ4n) is 3.01. The van der Waals surface area contributed by atoms with Gasteiger partial charge < -0.3 is 10.1 Å². The number of nitrogens with one attached hydrogen (secondary N) is 1. The molecular formula is C18H17F2N5O2. The van der Waals surface area contributed by atoms with Crippen LogP contribution in [-0.4, -0.2) is 38.9 Å². The van der Waals surface area contributed by atoms with Gasteiger partial charge in [0.05, 0.1) is 12.8 Å². The van der Waals surface area contributed by atoms with Crippen LogP contribution < -0.4 is 5.32 Å². The molecule has 1 saturated heterocycles. The van der Waals surface area contributed by atoms with Gasteiger partial charge in [-0.05, 0) is 24.6 Å². The summed E-state index contributed by atoms with van der Waals surface area (Å²) in [5, 5.41) is 7.74. The number of alkyl halides is 2. The highest BCUT2D eigenvalue weighted by Gasteiger charge is 2.18. The Balaban J connectivity index is 1.50. The Hall–Kier alpha value is -2.94. The highest BCUT2D eigenvalue weighted by atomic mass is 19.3. The van der Waals surface area contributed by atoms with Gasteiger partial charge in [0.15, 0.2) is 0 Å². The number of hydrogen-bond donors (Lipinski definition) is 1. The molecular weight excluding hydrogens is 356 g/mol. The molecule has 1 aliphatic rings. The fraction of sp³-hybridized carbons (Fsp3) is 0.333. The summed E-state index contributed by atoms with van der Waals surface area (Å²) in [6.45, 7) is 2.26. The zero-order valence-corrected chi connectivity index (χ0v) is 14.3. The van der Waals surface area contributed by atoms with Crippen molar-refractivity contribution in [1.82, 2.24) is 19.7 Å². The van der Waals surface area contributed by atoms with E-state index in [1.165, 1.54) is 24.4 Å². The first-order valence-corrected chi connectivity index (χ1v) is 8.56. The van der Waals surface area contributed by atoms with Crippen molar-refractivity contribution in [3.8, 4) is 0 Å². The molecule has 1 aliphatic heterocycles. The quantitative estimate of drug-likeness (QED) is 0.743. The molecule has 4 rings (SSSR count). The van der Waals surface area contributed by atoms with E-state index in [4.69, 9.17) is 4.74 Å². The molecule has 3 aromatic heterocycles. The van der Waals surface area contributed by atoms with Crippen LogP contribution in [0.5, 0.6) is 0 Å². The van der Waals surface area contributed by atoms with E-state index in [1.54, 1.807) is 6.07 Å². The van der Waals surface area contributed by atoms with Crippen molar-refractivity contribution in [2.24, 2.45) is 5.92 Å². The zero-order chi connectivity index (χ0) is 18.8. The zero-order valence-electron chi connectivity index (χ0n) is 14.3. The minimum Gasteiger partial charge on any atom is -0.381 e. The lowest BCUT2D eigenvalue weighted by molar-refractivity contribution is 0.102. The van der Waals surface area contributed by atoms with E-state index in [2.05, 4.69) is 20.4 Å². The molecule has 0 saturated carbocycles. The molecule has 0 radical (unpaired) electrons. The maximum absolute atomic E-state index is 12.7. The number of halogens is 2. The highest BCUT2D eigenvalue weighted by molar-refractivity contribution is 6.04. The Labute approximate surface area is 153 Å². The first-order chi connectivity index (χ1) is 13.1. The topological polar surface area (TPSA) is 81.9 Å². The summed E-state index contributed by atoms with van der Waals surface area (Å²) in [4.78, 5) is 20.2. The number of carbonyl (C=O) groups is 1. The van der Waals surface area contributed by atoms with Crippen LogP contribution in [0.3, 0.4) is 0 Å². The van der Waals surface area contributed by atoms with Crippen molar-refractivity contribution >= 4 is 22.6 Å². The second-order valence-corrected chi connectivity index (χ2v) is 6.41. The number of ether oxygens (including phenoxy) is 1. The van der Waals surface area contributed by atoms with Gasteiger partial charge in [0, 0.05) is 30.7 Å². The number of nitrogens with zero attached hydrogens (tertiary/aromatic N) is 4. The molecule has 0 aromatic carbocycles. The van der Waals surface area contributed by atoms with Crippen molar-refractivity contribution in [2.75, 3.05) is 18.5 Å². The summed E-state index contributed by atoms with van der Waals surface area (Å²) in [5.74, 6) is -0.0346. The molecule has 7 nitrogen and oxygen atoms in total. The molecule has 0 aliphatic carbocycles. The van der Waals surface area contributed by atoms with Crippen molar-refractivity contribution in [3.63, 3.8) is 0 Å². The molecule has 3 aromatic rings. The summed E-state index contributed by atoms with van der Waals surface area (Å²) >= 11 is 0. The Morgan fingerprint density at radius 2 is 2.30 bits per heavy atom. The van der Waals surface area contributed by atoms with E-state index in [9.17, 15) is 13.6 Å². The van der Waals surface area contributed by atoms with Crippen LogP contribution in [0.25, 0.3) is 10.9 Å². The second kappa shape index (κ2) is 7.36. The molecule has 0 bridgehead atoms. The van der Waals surface area contributed by atoms with E-state index in [0.717, 1.165) is 31.6 Å². The summed E-state index contributed by atoms with van der Waals surface area (Å²) in [5.41, 5.74) is 0.451. The van der Waals surface area contributed by atoms with Crippen molar-refractivity contribution < 1.29 is 18.3 Å². The molecule has 27 heavy (non-hydrogen) atoms. The predicted octanol–water partition coefficient (Wildman–Crippen LogP) is 3.05. The van der Waals surface area contributed by atoms with Gasteiger partial charge in [-0.2, -0.15) is 5.10 Å². The summed E-state index contributed by atoms with van der Waals surface area (Å²) in [6, 6.07) is 5.69. The Morgan fingerprint density at radius 1 is 1.41 bits per heavy atom. The van der Waals surface area contributed by atoms with Gasteiger partial charge in [0.25, 0.3) is 12.3 Å². The number of pyridine rings is 2. The van der Waals surface area contributed by atoms with E-state index in [0.29, 0.717) is 11.4 Å². The van der Waals surface area contributed by atoms with Gasteiger partial charge in [-0.1, -0.05) is 6.07 Å². The van der Waals surface area contributed by atoms with E-state index in [1.807, 2.05) is 10.9 Å². The number of aromatic nitrogens is 4. The van der Waals surface area contributed by atoms with Gasteiger partial charge in [0.2, 0.25) is 0 Å². The normalized spacial score (nSPS) is 16.9. The van der Waals surface area contributed by atoms with E-state index < -0.39 is 18.0 Å². The largest absolute Gasteiger partial charge is 0.381 e. The lowest BCUT2D eigenvalue weighted by Gasteiger charge is -2.06. The van der Waals surface area contributed by atoms with E-state index in [-0.39, 0.29) is 11.5 Å². The van der Waals surface area contributed by atoms with Gasteiger partial charge >= 0.3 is 0 Å². The maximum Gasteiger partial charge on any atom is 0.280 e.